The third kappa shape index (κ3) is 4.17. The Morgan fingerprint density at radius 2 is 1.94 bits per heavy atom. The fourth-order valence-corrected chi connectivity index (χ4v) is 4.88. The van der Waals surface area contributed by atoms with Gasteiger partial charge in [0, 0.05) is 22.5 Å². The largest absolute Gasteiger partial charge is 0.468 e. The van der Waals surface area contributed by atoms with Gasteiger partial charge in [0.25, 0.3) is 0 Å². The lowest BCUT2D eigenvalue weighted by Gasteiger charge is -2.38. The number of dihydropyridines is 1. The first-order valence-electron chi connectivity index (χ1n) is 11.7. The number of esters is 2. The zero-order chi connectivity index (χ0) is 25.4. The maximum absolute atomic E-state index is 13.8. The zero-order valence-corrected chi connectivity index (χ0v) is 20.5. The van der Waals surface area contributed by atoms with Crippen molar-refractivity contribution in [2.45, 2.75) is 52.6 Å². The van der Waals surface area contributed by atoms with Gasteiger partial charge in [0.1, 0.15) is 11.5 Å². The minimum Gasteiger partial charge on any atom is -0.468 e. The van der Waals surface area contributed by atoms with Crippen LogP contribution in [-0.2, 0) is 23.9 Å². The number of nitrogens with one attached hydrogen (secondary N) is 1. The topological polar surface area (TPSA) is 112 Å². The lowest BCUT2D eigenvalue weighted by atomic mass is 9.69. The highest BCUT2D eigenvalue weighted by molar-refractivity contribution is 6.12. The van der Waals surface area contributed by atoms with Crippen molar-refractivity contribution >= 4 is 28.7 Å². The van der Waals surface area contributed by atoms with Crippen molar-refractivity contribution in [2.75, 3.05) is 7.11 Å². The van der Waals surface area contributed by atoms with Crippen LogP contribution in [0.5, 0.6) is 0 Å². The summed E-state index contributed by atoms with van der Waals surface area (Å²) in [6.45, 7) is 7.18. The predicted octanol–water partition coefficient (Wildman–Crippen LogP) is 3.75. The Labute approximate surface area is 203 Å². The van der Waals surface area contributed by atoms with Crippen LogP contribution in [0, 0.1) is 11.8 Å². The highest BCUT2D eigenvalue weighted by Gasteiger charge is 2.48. The number of allylic oxidation sites excluding steroid dienone is 3. The second-order valence-corrected chi connectivity index (χ2v) is 9.18. The monoisotopic (exact) mass is 479 g/mol. The number of carbonyl (C=O) groups is 3. The lowest BCUT2D eigenvalue weighted by molar-refractivity contribution is -0.151. The van der Waals surface area contributed by atoms with Crippen LogP contribution in [-0.4, -0.2) is 30.9 Å². The first-order chi connectivity index (χ1) is 16.7. The summed E-state index contributed by atoms with van der Waals surface area (Å²) < 4.78 is 16.3. The molecule has 1 aliphatic carbocycles. The van der Waals surface area contributed by atoms with E-state index in [1.165, 1.54) is 13.4 Å². The Morgan fingerprint density at radius 3 is 2.63 bits per heavy atom. The molecule has 184 valence electrons. The van der Waals surface area contributed by atoms with E-state index < -0.39 is 29.6 Å². The Bertz CT molecular complexity index is 1330. The van der Waals surface area contributed by atoms with Gasteiger partial charge in [0.15, 0.2) is 11.2 Å². The average Bonchev–Trinajstić information content (AvgIpc) is 2.83. The molecule has 1 aliphatic heterocycles. The summed E-state index contributed by atoms with van der Waals surface area (Å²) in [5.74, 6) is -4.16. The molecule has 2 heterocycles. The van der Waals surface area contributed by atoms with Crippen LogP contribution in [0.1, 0.15) is 52.0 Å². The molecule has 1 aromatic heterocycles. The number of hydrogen-bond donors (Lipinski definition) is 1. The van der Waals surface area contributed by atoms with E-state index in [1.54, 1.807) is 45.0 Å². The highest BCUT2D eigenvalue weighted by Crippen LogP contribution is 2.45. The van der Waals surface area contributed by atoms with Gasteiger partial charge < -0.3 is 19.2 Å². The Morgan fingerprint density at radius 1 is 1.23 bits per heavy atom. The van der Waals surface area contributed by atoms with Gasteiger partial charge >= 0.3 is 11.9 Å². The maximum atomic E-state index is 13.8. The Balaban J connectivity index is 1.95. The summed E-state index contributed by atoms with van der Waals surface area (Å²) in [4.78, 5) is 53.3. The van der Waals surface area contributed by atoms with Crippen LogP contribution >= 0.6 is 0 Å². The van der Waals surface area contributed by atoms with Crippen molar-refractivity contribution in [2.24, 2.45) is 11.8 Å². The van der Waals surface area contributed by atoms with Crippen molar-refractivity contribution in [1.29, 1.82) is 0 Å². The number of rotatable bonds is 5. The van der Waals surface area contributed by atoms with Crippen molar-refractivity contribution in [3.63, 3.8) is 0 Å². The van der Waals surface area contributed by atoms with Crippen LogP contribution in [0.25, 0.3) is 11.0 Å². The van der Waals surface area contributed by atoms with Crippen LogP contribution in [0.3, 0.4) is 0 Å². The third-order valence-electron chi connectivity index (χ3n) is 6.86. The van der Waals surface area contributed by atoms with Gasteiger partial charge in [-0.1, -0.05) is 26.0 Å². The molecule has 35 heavy (non-hydrogen) atoms. The third-order valence-corrected chi connectivity index (χ3v) is 6.86. The summed E-state index contributed by atoms with van der Waals surface area (Å²) in [7, 11) is 1.24. The van der Waals surface area contributed by atoms with E-state index in [2.05, 4.69) is 5.32 Å². The molecule has 0 saturated carbocycles. The minimum atomic E-state index is -1.05. The number of hydrogen-bond acceptors (Lipinski definition) is 8. The smallest absolute Gasteiger partial charge is 0.337 e. The molecule has 4 rings (SSSR count). The quantitative estimate of drug-likeness (QED) is 0.510. The van der Waals surface area contributed by atoms with Crippen molar-refractivity contribution < 1.29 is 28.3 Å². The van der Waals surface area contributed by atoms with Gasteiger partial charge in [-0.3, -0.25) is 14.4 Å². The molecule has 0 amide bonds. The first-order valence-corrected chi connectivity index (χ1v) is 11.7. The van der Waals surface area contributed by atoms with Crippen LogP contribution in [0.15, 0.2) is 62.3 Å². The number of ketones is 1. The summed E-state index contributed by atoms with van der Waals surface area (Å²) in [6.07, 6.45) is 1.91. The van der Waals surface area contributed by atoms with E-state index in [0.29, 0.717) is 35.2 Å². The van der Waals surface area contributed by atoms with E-state index >= 15 is 0 Å². The molecule has 0 fully saturated rings. The molecule has 8 nitrogen and oxygen atoms in total. The molecule has 0 bridgehead atoms. The molecule has 0 saturated heterocycles. The summed E-state index contributed by atoms with van der Waals surface area (Å²) in [5.41, 5.74) is 1.60. The first kappa shape index (κ1) is 24.4. The average molecular weight is 480 g/mol. The van der Waals surface area contributed by atoms with Crippen LogP contribution in [0.4, 0.5) is 0 Å². The molecule has 2 aromatic rings. The molecular weight excluding hydrogens is 450 g/mol. The van der Waals surface area contributed by atoms with Gasteiger partial charge in [0.2, 0.25) is 0 Å². The van der Waals surface area contributed by atoms with Crippen LogP contribution in [0.2, 0.25) is 0 Å². The van der Waals surface area contributed by atoms with Crippen molar-refractivity contribution in [1.82, 2.24) is 5.32 Å². The summed E-state index contributed by atoms with van der Waals surface area (Å²) in [6, 6.07) is 6.78. The van der Waals surface area contributed by atoms with Crippen molar-refractivity contribution in [3.8, 4) is 0 Å². The van der Waals surface area contributed by atoms with Gasteiger partial charge in [-0.25, -0.2) is 4.79 Å². The number of fused-ring (bicyclic) bond motifs is 1. The van der Waals surface area contributed by atoms with Crippen molar-refractivity contribution in [3.05, 3.63) is 68.9 Å². The molecule has 0 radical (unpaired) electrons. The lowest BCUT2D eigenvalue weighted by Crippen LogP contribution is -2.44. The molecule has 0 spiro atoms. The minimum absolute atomic E-state index is 0.139. The number of methoxy groups -OCH3 is 1. The van der Waals surface area contributed by atoms with E-state index in [4.69, 9.17) is 13.9 Å². The number of ether oxygens (including phenoxy) is 2. The molecule has 1 aromatic carbocycles. The number of benzene rings is 1. The molecule has 2 aliphatic rings. The molecule has 8 heteroatoms. The van der Waals surface area contributed by atoms with Gasteiger partial charge in [-0.2, -0.15) is 0 Å². The van der Waals surface area contributed by atoms with Gasteiger partial charge in [-0.15, -0.1) is 0 Å². The number of para-hydroxylation sites is 1. The second-order valence-electron chi connectivity index (χ2n) is 9.18. The molecule has 4 atom stereocenters. The highest BCUT2D eigenvalue weighted by atomic mass is 16.5. The fourth-order valence-electron chi connectivity index (χ4n) is 4.88. The predicted molar refractivity (Wildman–Crippen MR) is 128 cm³/mol. The van der Waals surface area contributed by atoms with E-state index in [1.807, 2.05) is 6.92 Å². The van der Waals surface area contributed by atoms with E-state index in [9.17, 15) is 19.2 Å². The Kier molecular flexibility index (Phi) is 6.65. The van der Waals surface area contributed by atoms with Crippen LogP contribution < -0.4 is 10.7 Å². The summed E-state index contributed by atoms with van der Waals surface area (Å²) >= 11 is 0. The van der Waals surface area contributed by atoms with E-state index in [-0.39, 0.29) is 34.2 Å². The second kappa shape index (κ2) is 9.52. The Hall–Kier alpha value is -3.68. The molecule has 1 N–H and O–H groups in total. The fraction of sp³-hybridized carbons (Fsp3) is 0.407. The molecule has 0 unspecified atom stereocenters. The van der Waals surface area contributed by atoms with E-state index in [0.717, 1.165) is 0 Å². The zero-order valence-electron chi connectivity index (χ0n) is 20.5. The normalized spacial score (nSPS) is 23.0. The molecular formula is C27H29NO7. The number of carbonyl (C=O) groups excluding carboxylic acids is 3. The maximum Gasteiger partial charge on any atom is 0.337 e. The van der Waals surface area contributed by atoms with Gasteiger partial charge in [-0.05, 0) is 44.7 Å². The SMILES string of the molecule is CC[C@@H](C)OC(=O)C1=C(C)NC2=C(C(=O)[C@@H](C(=O)OC)[C@@H](C)C2)[C@@H]1c1coc2ccccc2c1=O. The summed E-state index contributed by atoms with van der Waals surface area (Å²) in [5, 5.41) is 3.52. The van der Waals surface area contributed by atoms with Gasteiger partial charge in [0.05, 0.1) is 36.4 Å². The standard InChI is InChI=1S/C27H29NO7/c1-6-14(3)35-27(32)21-15(4)28-18-11-13(2)20(26(31)33-5)25(30)23(18)22(21)17-12-34-19-10-8-7-9-16(19)24(17)29/h7-10,12-14,20,22,28H,6,11H2,1-5H3/t13-,14+,20-,22+/m0/s1. The number of Topliss-reactive ketones (excluding diaryl/α,β-unsaturated/α-hetero) is 1.